The molecule has 0 unspecified atom stereocenters. The number of aromatic nitrogens is 5. The lowest BCUT2D eigenvalue weighted by Gasteiger charge is -2.26. The third kappa shape index (κ3) is 4.01. The molecule has 4 heterocycles. The largest absolute Gasteiger partial charge is 0.490 e. The normalized spacial score (nSPS) is 15.5. The topological polar surface area (TPSA) is 115 Å². The molecule has 2 N–H and O–H groups in total. The van der Waals surface area contributed by atoms with Gasteiger partial charge < -0.3 is 19.7 Å². The lowest BCUT2D eigenvalue weighted by Crippen LogP contribution is -2.24. The van der Waals surface area contributed by atoms with E-state index in [1.807, 2.05) is 11.0 Å². The van der Waals surface area contributed by atoms with E-state index >= 15 is 0 Å². The van der Waals surface area contributed by atoms with Gasteiger partial charge in [-0.3, -0.25) is 0 Å². The Hall–Kier alpha value is -4.56. The fraction of sp³-hybridized carbons (Fsp3) is 0.231. The van der Waals surface area contributed by atoms with Crippen LogP contribution in [0, 0.1) is 23.0 Å². The Balaban J connectivity index is 1.39. The molecule has 37 heavy (non-hydrogen) atoms. The lowest BCUT2D eigenvalue weighted by molar-refractivity contribution is 0.201. The Bertz CT molecular complexity index is 1670. The van der Waals surface area contributed by atoms with Crippen molar-refractivity contribution in [2.24, 2.45) is 0 Å². The molecule has 0 saturated carbocycles. The molecule has 1 aliphatic heterocycles. The smallest absolute Gasteiger partial charge is 0.168 e. The molecule has 0 amide bonds. The van der Waals surface area contributed by atoms with E-state index in [1.165, 1.54) is 6.07 Å². The molecule has 11 heteroatoms. The minimum Gasteiger partial charge on any atom is -0.490 e. The van der Waals surface area contributed by atoms with Gasteiger partial charge in [0.2, 0.25) is 0 Å². The number of ether oxygens (including phenoxy) is 1. The van der Waals surface area contributed by atoms with E-state index in [-0.39, 0.29) is 19.3 Å². The van der Waals surface area contributed by atoms with Crippen molar-refractivity contribution in [2.45, 2.75) is 18.9 Å². The van der Waals surface area contributed by atoms with Gasteiger partial charge in [0.05, 0.1) is 41.0 Å². The van der Waals surface area contributed by atoms with Crippen molar-refractivity contribution in [3.63, 3.8) is 0 Å². The molecule has 3 aromatic heterocycles. The summed E-state index contributed by atoms with van der Waals surface area (Å²) < 4.78 is 35.6. The predicted molar refractivity (Wildman–Crippen MR) is 131 cm³/mol. The van der Waals surface area contributed by atoms with Crippen LogP contribution >= 0.6 is 0 Å². The molecule has 6 rings (SSSR count). The number of nitrogens with one attached hydrogen (secondary N) is 1. The minimum atomic E-state index is -0.473. The standard InChI is InChI=1S/C26H21F2N7O2/c27-16-3-4-19(28)17(11-16)22-2-1-6-34(22)24-5-7-35-26(33-24)18(14-30-35)25-31-20-10-15(13-29)23(37-9-8-36)12-21(20)32-25/h3-5,7,10-12,14,22,36H,1-2,6,8-9H2,(H,31,32)/t22-/m1/s1. The minimum absolute atomic E-state index is 0.0647. The van der Waals surface area contributed by atoms with Gasteiger partial charge >= 0.3 is 0 Å². The van der Waals surface area contributed by atoms with E-state index in [4.69, 9.17) is 14.8 Å². The third-order valence-electron chi connectivity index (χ3n) is 6.53. The molecule has 1 saturated heterocycles. The maximum Gasteiger partial charge on any atom is 0.168 e. The van der Waals surface area contributed by atoms with Crippen LogP contribution in [0.4, 0.5) is 14.6 Å². The molecule has 1 fully saturated rings. The molecular weight excluding hydrogens is 480 g/mol. The van der Waals surface area contributed by atoms with Gasteiger partial charge in [-0.05, 0) is 43.2 Å². The number of nitriles is 1. The Kier molecular flexibility index (Phi) is 5.65. The Morgan fingerprint density at radius 3 is 2.92 bits per heavy atom. The van der Waals surface area contributed by atoms with Crippen LogP contribution in [0.15, 0.2) is 48.8 Å². The van der Waals surface area contributed by atoms with Crippen molar-refractivity contribution in [3.8, 4) is 23.2 Å². The predicted octanol–water partition coefficient (Wildman–Crippen LogP) is 4.14. The van der Waals surface area contributed by atoms with E-state index in [0.717, 1.165) is 18.6 Å². The second-order valence-electron chi connectivity index (χ2n) is 8.76. The van der Waals surface area contributed by atoms with Crippen molar-refractivity contribution >= 4 is 22.5 Å². The highest BCUT2D eigenvalue weighted by atomic mass is 19.1. The van der Waals surface area contributed by atoms with Gasteiger partial charge in [-0.15, -0.1) is 0 Å². The molecule has 186 valence electrons. The van der Waals surface area contributed by atoms with Crippen LogP contribution in [0.25, 0.3) is 28.1 Å². The molecule has 5 aromatic rings. The molecule has 0 aliphatic carbocycles. The van der Waals surface area contributed by atoms with E-state index in [1.54, 1.807) is 29.0 Å². The van der Waals surface area contributed by atoms with Gasteiger partial charge in [-0.25, -0.2) is 23.3 Å². The average Bonchev–Trinajstić information content (AvgIpc) is 3.65. The maximum atomic E-state index is 14.6. The first-order valence-corrected chi connectivity index (χ1v) is 11.8. The molecule has 0 spiro atoms. The number of aliphatic hydroxyl groups is 1. The Morgan fingerprint density at radius 2 is 2.08 bits per heavy atom. The van der Waals surface area contributed by atoms with Crippen LogP contribution < -0.4 is 9.64 Å². The number of anilines is 1. The summed E-state index contributed by atoms with van der Waals surface area (Å²) in [7, 11) is 0. The summed E-state index contributed by atoms with van der Waals surface area (Å²) in [6, 6.07) is 10.4. The van der Waals surface area contributed by atoms with E-state index in [9.17, 15) is 14.0 Å². The zero-order valence-electron chi connectivity index (χ0n) is 19.5. The summed E-state index contributed by atoms with van der Waals surface area (Å²) in [6.07, 6.45) is 4.93. The van der Waals surface area contributed by atoms with Crippen molar-refractivity contribution < 1.29 is 18.6 Å². The third-order valence-corrected chi connectivity index (χ3v) is 6.53. The van der Waals surface area contributed by atoms with Crippen molar-refractivity contribution in [3.05, 3.63) is 71.6 Å². The number of fused-ring (bicyclic) bond motifs is 2. The lowest BCUT2D eigenvalue weighted by atomic mass is 10.0. The maximum absolute atomic E-state index is 14.6. The summed E-state index contributed by atoms with van der Waals surface area (Å²) in [4.78, 5) is 14.7. The molecule has 2 aromatic carbocycles. The second-order valence-corrected chi connectivity index (χ2v) is 8.76. The van der Waals surface area contributed by atoms with Crippen LogP contribution in [-0.4, -0.2) is 49.4 Å². The van der Waals surface area contributed by atoms with Crippen molar-refractivity contribution in [1.82, 2.24) is 24.6 Å². The number of hydrogen-bond acceptors (Lipinski definition) is 7. The molecule has 0 radical (unpaired) electrons. The monoisotopic (exact) mass is 501 g/mol. The quantitative estimate of drug-likeness (QED) is 0.359. The summed E-state index contributed by atoms with van der Waals surface area (Å²) in [5, 5.41) is 22.9. The van der Waals surface area contributed by atoms with Gasteiger partial charge in [0.15, 0.2) is 5.65 Å². The zero-order chi connectivity index (χ0) is 25.5. The van der Waals surface area contributed by atoms with E-state index < -0.39 is 11.6 Å². The number of benzene rings is 2. The van der Waals surface area contributed by atoms with Gasteiger partial charge in [0, 0.05) is 24.4 Å². The van der Waals surface area contributed by atoms with Crippen LogP contribution in [0.3, 0.4) is 0 Å². The van der Waals surface area contributed by atoms with E-state index in [0.29, 0.717) is 63.7 Å². The summed E-state index contributed by atoms with van der Waals surface area (Å²) in [6.45, 7) is 0.551. The average molecular weight is 501 g/mol. The van der Waals surface area contributed by atoms with Gasteiger partial charge in [0.1, 0.15) is 41.7 Å². The molecular formula is C26H21F2N7O2. The second kappa shape index (κ2) is 9.15. The zero-order valence-corrected chi connectivity index (χ0v) is 19.5. The van der Waals surface area contributed by atoms with Gasteiger partial charge in [0.25, 0.3) is 0 Å². The summed E-state index contributed by atoms with van der Waals surface area (Å²) in [5.41, 5.74) is 3.04. The van der Waals surface area contributed by atoms with Crippen molar-refractivity contribution in [1.29, 1.82) is 5.26 Å². The number of aliphatic hydroxyl groups excluding tert-OH is 1. The highest BCUT2D eigenvalue weighted by molar-refractivity contribution is 5.85. The van der Waals surface area contributed by atoms with Crippen LogP contribution in [0.5, 0.6) is 5.75 Å². The van der Waals surface area contributed by atoms with Gasteiger partial charge in [-0.1, -0.05) is 0 Å². The van der Waals surface area contributed by atoms with Crippen LogP contribution in [0.1, 0.15) is 30.0 Å². The fourth-order valence-corrected chi connectivity index (χ4v) is 4.85. The Morgan fingerprint density at radius 1 is 1.19 bits per heavy atom. The molecule has 9 nitrogen and oxygen atoms in total. The summed E-state index contributed by atoms with van der Waals surface area (Å²) >= 11 is 0. The number of imidazole rings is 1. The first-order valence-electron chi connectivity index (χ1n) is 11.8. The highest BCUT2D eigenvalue weighted by Crippen LogP contribution is 2.37. The SMILES string of the molecule is N#Cc1cc2[nH]c(-c3cnn4ccc(N5CCC[C@@H]5c5cc(F)ccc5F)nc34)nc2cc1OCCO. The molecule has 0 bridgehead atoms. The highest BCUT2D eigenvalue weighted by Gasteiger charge is 2.30. The molecule has 1 aliphatic rings. The fourth-order valence-electron chi connectivity index (χ4n) is 4.85. The first-order chi connectivity index (χ1) is 18.1. The van der Waals surface area contributed by atoms with Crippen LogP contribution in [0.2, 0.25) is 0 Å². The number of H-pyrrole nitrogens is 1. The number of aromatic amines is 1. The van der Waals surface area contributed by atoms with E-state index in [2.05, 4.69) is 21.1 Å². The van der Waals surface area contributed by atoms with Gasteiger partial charge in [-0.2, -0.15) is 10.4 Å². The number of nitrogens with zero attached hydrogens (tertiary/aromatic N) is 6. The number of rotatable bonds is 6. The first kappa shape index (κ1) is 22.9. The Labute approximate surface area is 209 Å². The van der Waals surface area contributed by atoms with Crippen molar-refractivity contribution in [2.75, 3.05) is 24.7 Å². The molecule has 1 atom stereocenters. The number of hydrogen-bond donors (Lipinski definition) is 2. The summed E-state index contributed by atoms with van der Waals surface area (Å²) in [5.74, 6) is 0.562. The number of halogens is 2. The van der Waals surface area contributed by atoms with Crippen LogP contribution in [-0.2, 0) is 0 Å².